The molecule has 0 unspecified atom stereocenters. The Kier molecular flexibility index (Phi) is 6.39. The first-order valence-electron chi connectivity index (χ1n) is 10.8. The maximum absolute atomic E-state index is 11.5. The highest BCUT2D eigenvalue weighted by Crippen LogP contribution is 2.37. The summed E-state index contributed by atoms with van der Waals surface area (Å²) in [5, 5.41) is 19.8. The van der Waals surface area contributed by atoms with Crippen LogP contribution < -0.4 is 4.74 Å². The van der Waals surface area contributed by atoms with Gasteiger partial charge in [-0.15, -0.1) is 0 Å². The number of carboxylic acid groups (broad SMARTS) is 1. The molecule has 1 aliphatic carbocycles. The van der Waals surface area contributed by atoms with Crippen molar-refractivity contribution >= 4 is 5.97 Å². The van der Waals surface area contributed by atoms with Gasteiger partial charge in [0.05, 0.1) is 5.69 Å². The van der Waals surface area contributed by atoms with Gasteiger partial charge in [0.25, 0.3) is 0 Å². The summed E-state index contributed by atoms with van der Waals surface area (Å²) in [6.45, 7) is 9.13. The largest absolute Gasteiger partial charge is 0.506 e. The second-order valence-electron chi connectivity index (χ2n) is 9.06. The van der Waals surface area contributed by atoms with E-state index in [-0.39, 0.29) is 0 Å². The fourth-order valence-electron chi connectivity index (χ4n) is 4.26. The first-order chi connectivity index (χ1) is 14.1. The molecule has 3 rings (SSSR count). The zero-order valence-corrected chi connectivity index (χ0v) is 18.7. The van der Waals surface area contributed by atoms with E-state index in [1.807, 2.05) is 32.9 Å². The predicted molar refractivity (Wildman–Crippen MR) is 118 cm³/mol. The third-order valence-electron chi connectivity index (χ3n) is 6.40. The smallest absolute Gasteiger partial charge is 0.347 e. The first-order valence-corrected chi connectivity index (χ1v) is 10.8. The number of benzene rings is 1. The quantitative estimate of drug-likeness (QED) is 0.647. The molecule has 1 saturated carbocycles. The van der Waals surface area contributed by atoms with Gasteiger partial charge < -0.3 is 14.9 Å². The van der Waals surface area contributed by atoms with Crippen LogP contribution in [0.1, 0.15) is 85.5 Å². The standard InChI is InChI=1S/C25H33NO4/c1-15-13-22(30-25(4,5)24(28)29)17(3)16(2)20(15)14-19-11-12-21(27)23(26-19)18-9-7-6-8-10-18/h11-13,18,27H,6-10,14H2,1-5H3,(H,28,29). The minimum absolute atomic E-state index is 0.301. The topological polar surface area (TPSA) is 79.7 Å². The molecule has 0 spiro atoms. The highest BCUT2D eigenvalue weighted by molar-refractivity contribution is 5.77. The van der Waals surface area contributed by atoms with Crippen LogP contribution in [0.25, 0.3) is 0 Å². The Balaban J connectivity index is 1.90. The Morgan fingerprint density at radius 1 is 1.13 bits per heavy atom. The molecule has 0 radical (unpaired) electrons. The molecule has 2 aromatic rings. The minimum atomic E-state index is -1.29. The third-order valence-corrected chi connectivity index (χ3v) is 6.40. The number of aliphatic carboxylic acids is 1. The van der Waals surface area contributed by atoms with Crippen LogP contribution in [-0.4, -0.2) is 26.8 Å². The highest BCUT2D eigenvalue weighted by atomic mass is 16.5. The van der Waals surface area contributed by atoms with E-state index in [1.54, 1.807) is 19.9 Å². The SMILES string of the molecule is Cc1cc(OC(C)(C)C(=O)O)c(C)c(C)c1Cc1ccc(O)c(C2CCCCC2)n1. The average Bonchev–Trinajstić information content (AvgIpc) is 2.70. The molecule has 0 bridgehead atoms. The second-order valence-corrected chi connectivity index (χ2v) is 9.06. The Morgan fingerprint density at radius 3 is 2.43 bits per heavy atom. The Bertz CT molecular complexity index is 943. The van der Waals surface area contributed by atoms with Crippen molar-refractivity contribution in [3.63, 3.8) is 0 Å². The molecule has 30 heavy (non-hydrogen) atoms. The summed E-state index contributed by atoms with van der Waals surface area (Å²) >= 11 is 0. The Labute approximate surface area is 179 Å². The zero-order chi connectivity index (χ0) is 22.1. The molecular formula is C25H33NO4. The van der Waals surface area contributed by atoms with Crippen LogP contribution in [0.15, 0.2) is 18.2 Å². The summed E-state index contributed by atoms with van der Waals surface area (Å²) in [7, 11) is 0. The van der Waals surface area contributed by atoms with E-state index in [4.69, 9.17) is 9.72 Å². The number of rotatable bonds is 6. The van der Waals surface area contributed by atoms with Crippen molar-refractivity contribution in [3.8, 4) is 11.5 Å². The van der Waals surface area contributed by atoms with Crippen LogP contribution >= 0.6 is 0 Å². The summed E-state index contributed by atoms with van der Waals surface area (Å²) in [6.07, 6.45) is 6.51. The highest BCUT2D eigenvalue weighted by Gasteiger charge is 2.30. The number of aromatic hydroxyl groups is 1. The number of aryl methyl sites for hydroxylation is 1. The molecule has 1 aromatic carbocycles. The normalized spacial score (nSPS) is 15.2. The molecule has 0 amide bonds. The molecule has 1 fully saturated rings. The number of pyridine rings is 1. The molecule has 2 N–H and O–H groups in total. The van der Waals surface area contributed by atoms with Crippen molar-refractivity contribution in [2.24, 2.45) is 0 Å². The lowest BCUT2D eigenvalue weighted by Crippen LogP contribution is -2.38. The van der Waals surface area contributed by atoms with Gasteiger partial charge in [-0.1, -0.05) is 19.3 Å². The molecule has 1 heterocycles. The Morgan fingerprint density at radius 2 is 1.80 bits per heavy atom. The fraction of sp³-hybridized carbons (Fsp3) is 0.520. The van der Waals surface area contributed by atoms with Crippen LogP contribution in [0.4, 0.5) is 0 Å². The van der Waals surface area contributed by atoms with Crippen LogP contribution in [0.5, 0.6) is 11.5 Å². The number of ether oxygens (including phenoxy) is 1. The van der Waals surface area contributed by atoms with Crippen LogP contribution in [-0.2, 0) is 11.2 Å². The minimum Gasteiger partial charge on any atom is -0.506 e. The number of carboxylic acids is 1. The third kappa shape index (κ3) is 4.61. The molecule has 0 aliphatic heterocycles. The van der Waals surface area contributed by atoms with Gasteiger partial charge in [0.1, 0.15) is 11.5 Å². The summed E-state index contributed by atoms with van der Waals surface area (Å²) in [5.74, 6) is 0.249. The molecule has 1 aromatic heterocycles. The lowest BCUT2D eigenvalue weighted by Gasteiger charge is -2.25. The number of nitrogens with zero attached hydrogens (tertiary/aromatic N) is 1. The summed E-state index contributed by atoms with van der Waals surface area (Å²) in [6, 6.07) is 5.59. The lowest BCUT2D eigenvalue weighted by atomic mass is 9.86. The zero-order valence-electron chi connectivity index (χ0n) is 18.7. The molecule has 162 valence electrons. The van der Waals surface area contributed by atoms with Crippen molar-refractivity contribution < 1.29 is 19.7 Å². The number of carbonyl (C=O) groups is 1. The maximum Gasteiger partial charge on any atom is 0.347 e. The fourth-order valence-corrected chi connectivity index (χ4v) is 4.26. The molecule has 0 atom stereocenters. The van der Waals surface area contributed by atoms with Crippen LogP contribution in [0.3, 0.4) is 0 Å². The predicted octanol–water partition coefficient (Wildman–Crippen LogP) is 5.59. The number of hydrogen-bond acceptors (Lipinski definition) is 4. The van der Waals surface area contributed by atoms with Gasteiger partial charge in [-0.3, -0.25) is 4.98 Å². The van der Waals surface area contributed by atoms with Gasteiger partial charge in [0, 0.05) is 18.0 Å². The summed E-state index contributed by atoms with van der Waals surface area (Å²) < 4.78 is 5.83. The van der Waals surface area contributed by atoms with Gasteiger partial charge in [0.15, 0.2) is 5.60 Å². The van der Waals surface area contributed by atoms with Gasteiger partial charge in [-0.2, -0.15) is 0 Å². The lowest BCUT2D eigenvalue weighted by molar-refractivity contribution is -0.152. The van der Waals surface area contributed by atoms with Gasteiger partial charge in [-0.25, -0.2) is 4.79 Å². The van der Waals surface area contributed by atoms with Crippen LogP contribution in [0, 0.1) is 20.8 Å². The van der Waals surface area contributed by atoms with Gasteiger partial charge in [0.2, 0.25) is 0 Å². The molecule has 5 heteroatoms. The first kappa shape index (κ1) is 22.1. The molecule has 5 nitrogen and oxygen atoms in total. The van der Waals surface area contributed by atoms with Crippen molar-refractivity contribution in [1.82, 2.24) is 4.98 Å². The van der Waals surface area contributed by atoms with E-state index in [0.717, 1.165) is 40.9 Å². The summed E-state index contributed by atoms with van der Waals surface area (Å²) in [5.41, 5.74) is 4.72. The van der Waals surface area contributed by atoms with Crippen molar-refractivity contribution in [2.75, 3.05) is 0 Å². The van der Waals surface area contributed by atoms with Gasteiger partial charge >= 0.3 is 5.97 Å². The van der Waals surface area contributed by atoms with Gasteiger partial charge in [-0.05, 0) is 87.9 Å². The number of hydrogen-bond donors (Lipinski definition) is 2. The number of aromatic nitrogens is 1. The molecular weight excluding hydrogens is 378 g/mol. The van der Waals surface area contributed by atoms with E-state index in [9.17, 15) is 15.0 Å². The van der Waals surface area contributed by atoms with Crippen molar-refractivity contribution in [2.45, 2.75) is 84.7 Å². The van der Waals surface area contributed by atoms with Crippen LogP contribution in [0.2, 0.25) is 0 Å². The average molecular weight is 412 g/mol. The monoisotopic (exact) mass is 411 g/mol. The second kappa shape index (κ2) is 8.66. The van der Waals surface area contributed by atoms with Crippen molar-refractivity contribution in [3.05, 3.63) is 51.8 Å². The van der Waals surface area contributed by atoms with E-state index >= 15 is 0 Å². The molecule has 1 aliphatic rings. The summed E-state index contributed by atoms with van der Waals surface area (Å²) in [4.78, 5) is 16.3. The maximum atomic E-state index is 11.5. The van der Waals surface area contributed by atoms with E-state index < -0.39 is 11.6 Å². The molecule has 0 saturated heterocycles. The van der Waals surface area contributed by atoms with Crippen molar-refractivity contribution in [1.29, 1.82) is 0 Å². The Hall–Kier alpha value is -2.56. The van der Waals surface area contributed by atoms with E-state index in [0.29, 0.717) is 23.8 Å². The van der Waals surface area contributed by atoms with E-state index in [2.05, 4.69) is 0 Å². The van der Waals surface area contributed by atoms with E-state index in [1.165, 1.54) is 24.8 Å².